The van der Waals surface area contributed by atoms with Crippen LogP contribution in [0.15, 0.2) is 36.9 Å². The van der Waals surface area contributed by atoms with Gasteiger partial charge in [0, 0.05) is 31.0 Å². The lowest BCUT2D eigenvalue weighted by molar-refractivity contribution is 0.279. The van der Waals surface area contributed by atoms with Crippen molar-refractivity contribution in [3.63, 3.8) is 0 Å². The summed E-state index contributed by atoms with van der Waals surface area (Å²) in [6.07, 6.45) is 6.49. The molecule has 5 heteroatoms. The summed E-state index contributed by atoms with van der Waals surface area (Å²) in [5, 5.41) is 3.32. The first-order valence-corrected chi connectivity index (χ1v) is 7.30. The summed E-state index contributed by atoms with van der Waals surface area (Å²) in [6, 6.07) is 5.99. The van der Waals surface area contributed by atoms with Gasteiger partial charge in [-0.3, -0.25) is 0 Å². The lowest BCUT2D eigenvalue weighted by Gasteiger charge is -2.15. The van der Waals surface area contributed by atoms with E-state index in [0.29, 0.717) is 6.61 Å². The molecule has 0 aliphatic carbocycles. The standard InChI is InChI=1S/C16H23N3O2/c1-3-17-12-14-6-4-7-15(20-2)16(14)21-11-5-9-19-10-8-18-13-19/h4,6-8,10,13,17H,3,5,9,11-12H2,1-2H3. The highest BCUT2D eigenvalue weighted by Gasteiger charge is 2.10. The van der Waals surface area contributed by atoms with Gasteiger partial charge < -0.3 is 19.4 Å². The summed E-state index contributed by atoms with van der Waals surface area (Å²) in [6.45, 7) is 5.35. The number of hydrogen-bond donors (Lipinski definition) is 1. The van der Waals surface area contributed by atoms with Crippen LogP contribution in [0.1, 0.15) is 18.9 Å². The molecule has 0 bridgehead atoms. The number of nitrogens with one attached hydrogen (secondary N) is 1. The number of ether oxygens (including phenoxy) is 2. The molecule has 2 aromatic rings. The van der Waals surface area contributed by atoms with Crippen LogP contribution >= 0.6 is 0 Å². The fourth-order valence-electron chi connectivity index (χ4n) is 2.13. The average molecular weight is 289 g/mol. The van der Waals surface area contributed by atoms with Crippen LogP contribution in [0.5, 0.6) is 11.5 Å². The average Bonchev–Trinajstić information content (AvgIpc) is 3.03. The Morgan fingerprint density at radius 3 is 2.95 bits per heavy atom. The Balaban J connectivity index is 1.93. The number of aryl methyl sites for hydroxylation is 1. The smallest absolute Gasteiger partial charge is 0.165 e. The summed E-state index contributed by atoms with van der Waals surface area (Å²) < 4.78 is 13.4. The molecule has 0 radical (unpaired) electrons. The van der Waals surface area contributed by atoms with Gasteiger partial charge in [0.15, 0.2) is 11.5 Å². The van der Waals surface area contributed by atoms with Crippen LogP contribution in [0.2, 0.25) is 0 Å². The first kappa shape index (κ1) is 15.4. The fraction of sp³-hybridized carbons (Fsp3) is 0.438. The monoisotopic (exact) mass is 289 g/mol. The minimum Gasteiger partial charge on any atom is -0.493 e. The topological polar surface area (TPSA) is 48.3 Å². The Kier molecular flexibility index (Phi) is 6.09. The number of methoxy groups -OCH3 is 1. The predicted molar refractivity (Wildman–Crippen MR) is 82.7 cm³/mol. The number of benzene rings is 1. The van der Waals surface area contributed by atoms with Crippen molar-refractivity contribution in [3.8, 4) is 11.5 Å². The Morgan fingerprint density at radius 1 is 1.33 bits per heavy atom. The van der Waals surface area contributed by atoms with Crippen molar-refractivity contribution < 1.29 is 9.47 Å². The van der Waals surface area contributed by atoms with Gasteiger partial charge in [-0.2, -0.15) is 0 Å². The van der Waals surface area contributed by atoms with Crippen molar-refractivity contribution in [2.45, 2.75) is 26.4 Å². The maximum absolute atomic E-state index is 5.96. The van der Waals surface area contributed by atoms with Crippen LogP contribution in [0, 0.1) is 0 Å². The molecule has 1 aromatic heterocycles. The van der Waals surface area contributed by atoms with Gasteiger partial charge in [-0.25, -0.2) is 4.98 Å². The van der Waals surface area contributed by atoms with E-state index in [1.807, 2.05) is 29.2 Å². The van der Waals surface area contributed by atoms with Gasteiger partial charge in [-0.05, 0) is 19.0 Å². The maximum Gasteiger partial charge on any atom is 0.165 e. The van der Waals surface area contributed by atoms with Crippen molar-refractivity contribution in [2.75, 3.05) is 20.3 Å². The van der Waals surface area contributed by atoms with Crippen molar-refractivity contribution in [1.29, 1.82) is 0 Å². The van der Waals surface area contributed by atoms with Crippen molar-refractivity contribution in [1.82, 2.24) is 14.9 Å². The molecule has 0 aliphatic rings. The SMILES string of the molecule is CCNCc1cccc(OC)c1OCCCn1ccnc1. The highest BCUT2D eigenvalue weighted by Crippen LogP contribution is 2.31. The summed E-state index contributed by atoms with van der Waals surface area (Å²) in [4.78, 5) is 4.03. The Bertz CT molecular complexity index is 526. The van der Waals surface area contributed by atoms with Gasteiger partial charge in [0.05, 0.1) is 20.0 Å². The van der Waals surface area contributed by atoms with E-state index >= 15 is 0 Å². The molecule has 0 fully saturated rings. The van der Waals surface area contributed by atoms with Gasteiger partial charge in [0.1, 0.15) is 0 Å². The van der Waals surface area contributed by atoms with Crippen LogP contribution in [0.3, 0.4) is 0 Å². The number of hydrogen-bond acceptors (Lipinski definition) is 4. The third-order valence-electron chi connectivity index (χ3n) is 3.21. The van der Waals surface area contributed by atoms with Crippen molar-refractivity contribution in [3.05, 3.63) is 42.5 Å². The van der Waals surface area contributed by atoms with Crippen LogP contribution < -0.4 is 14.8 Å². The van der Waals surface area contributed by atoms with Crippen molar-refractivity contribution >= 4 is 0 Å². The summed E-state index contributed by atoms with van der Waals surface area (Å²) >= 11 is 0. The van der Waals surface area contributed by atoms with E-state index in [9.17, 15) is 0 Å². The van der Waals surface area contributed by atoms with Crippen LogP contribution in [0.25, 0.3) is 0 Å². The van der Waals surface area contributed by atoms with Gasteiger partial charge in [0.2, 0.25) is 0 Å². The highest BCUT2D eigenvalue weighted by molar-refractivity contribution is 5.46. The van der Waals surface area contributed by atoms with E-state index in [1.165, 1.54) is 0 Å². The van der Waals surface area contributed by atoms with Gasteiger partial charge >= 0.3 is 0 Å². The molecule has 5 nitrogen and oxygen atoms in total. The van der Waals surface area contributed by atoms with Gasteiger partial charge in [-0.1, -0.05) is 19.1 Å². The molecule has 0 aliphatic heterocycles. The van der Waals surface area contributed by atoms with E-state index in [4.69, 9.17) is 9.47 Å². The number of imidazole rings is 1. The Morgan fingerprint density at radius 2 is 2.24 bits per heavy atom. The number of para-hydroxylation sites is 1. The molecule has 1 N–H and O–H groups in total. The van der Waals surface area contributed by atoms with E-state index < -0.39 is 0 Å². The maximum atomic E-state index is 5.96. The zero-order valence-electron chi connectivity index (χ0n) is 12.7. The normalized spacial score (nSPS) is 10.6. The summed E-state index contributed by atoms with van der Waals surface area (Å²) in [5.41, 5.74) is 1.12. The number of rotatable bonds is 9. The molecule has 1 heterocycles. The molecule has 0 atom stereocenters. The summed E-state index contributed by atoms with van der Waals surface area (Å²) in [7, 11) is 1.67. The van der Waals surface area contributed by atoms with Crippen LogP contribution in [-0.2, 0) is 13.1 Å². The summed E-state index contributed by atoms with van der Waals surface area (Å²) in [5.74, 6) is 1.62. The predicted octanol–water partition coefficient (Wildman–Crippen LogP) is 2.47. The van der Waals surface area contributed by atoms with E-state index in [-0.39, 0.29) is 0 Å². The van der Waals surface area contributed by atoms with Crippen molar-refractivity contribution in [2.24, 2.45) is 0 Å². The molecule has 2 rings (SSSR count). The Hall–Kier alpha value is -2.01. The van der Waals surface area contributed by atoms with E-state index in [0.717, 1.165) is 43.1 Å². The lowest BCUT2D eigenvalue weighted by atomic mass is 10.2. The molecule has 0 spiro atoms. The molecular formula is C16H23N3O2. The molecule has 0 saturated heterocycles. The first-order valence-electron chi connectivity index (χ1n) is 7.30. The lowest BCUT2D eigenvalue weighted by Crippen LogP contribution is -2.14. The van der Waals surface area contributed by atoms with Gasteiger partial charge in [-0.15, -0.1) is 0 Å². The second-order valence-corrected chi connectivity index (χ2v) is 4.73. The molecule has 0 saturated carbocycles. The zero-order valence-corrected chi connectivity index (χ0v) is 12.7. The molecule has 21 heavy (non-hydrogen) atoms. The zero-order chi connectivity index (χ0) is 14.9. The van der Waals surface area contributed by atoms with E-state index in [2.05, 4.69) is 23.3 Å². The van der Waals surface area contributed by atoms with Gasteiger partial charge in [0.25, 0.3) is 0 Å². The highest BCUT2D eigenvalue weighted by atomic mass is 16.5. The van der Waals surface area contributed by atoms with Crippen LogP contribution in [-0.4, -0.2) is 29.8 Å². The first-order chi connectivity index (χ1) is 10.3. The quantitative estimate of drug-likeness (QED) is 0.720. The van der Waals surface area contributed by atoms with Crippen LogP contribution in [0.4, 0.5) is 0 Å². The molecular weight excluding hydrogens is 266 g/mol. The minimum absolute atomic E-state index is 0.650. The fourth-order valence-corrected chi connectivity index (χ4v) is 2.13. The van der Waals surface area contributed by atoms with E-state index in [1.54, 1.807) is 13.3 Å². The Labute approximate surface area is 125 Å². The number of aromatic nitrogens is 2. The molecule has 1 aromatic carbocycles. The third kappa shape index (κ3) is 4.49. The number of nitrogens with zero attached hydrogens (tertiary/aromatic N) is 2. The third-order valence-corrected chi connectivity index (χ3v) is 3.21. The second-order valence-electron chi connectivity index (χ2n) is 4.73. The molecule has 0 unspecified atom stereocenters. The molecule has 0 amide bonds. The minimum atomic E-state index is 0.650. The second kappa shape index (κ2) is 8.32. The molecule has 114 valence electrons. The largest absolute Gasteiger partial charge is 0.493 e.